The van der Waals surface area contributed by atoms with Crippen molar-refractivity contribution in [3.05, 3.63) is 0 Å². The first-order valence-corrected chi connectivity index (χ1v) is 9.41. The summed E-state index contributed by atoms with van der Waals surface area (Å²) in [7, 11) is 1.46. The van der Waals surface area contributed by atoms with Crippen LogP contribution in [-0.2, 0) is 28.8 Å². The summed E-state index contributed by atoms with van der Waals surface area (Å²) in [6, 6.07) is -3.41. The largest absolute Gasteiger partial charge is 0.481 e. The molecule has 0 aliphatic rings. The lowest BCUT2D eigenvalue weighted by Gasteiger charge is -2.19. The van der Waals surface area contributed by atoms with Gasteiger partial charge in [-0.2, -0.15) is 0 Å². The van der Waals surface area contributed by atoms with Gasteiger partial charge in [0.1, 0.15) is 12.6 Å². The van der Waals surface area contributed by atoms with E-state index in [1.54, 1.807) is 0 Å². The molecule has 3 atom stereocenters. The second kappa shape index (κ2) is 14.7. The number of amides is 3. The van der Waals surface area contributed by atoms with E-state index in [1.165, 1.54) is 7.05 Å². The lowest BCUT2D eigenvalue weighted by atomic mass is 10.1. The molecule has 31 heavy (non-hydrogen) atoms. The highest BCUT2D eigenvalue weighted by atomic mass is 16.4. The monoisotopic (exact) mass is 447 g/mol. The average molecular weight is 447 g/mol. The summed E-state index contributed by atoms with van der Waals surface area (Å²) in [5, 5.41) is 35.5. The SMILES string of the molecule is CN[C@@H](CC(=O)O)C(=O)NCCCC[C@H](N)C(=O)N[C@@H](CC(=O)O)C(=O)NCC(=O)O. The number of hydrogen-bond donors (Lipinski definition) is 8. The van der Waals surface area contributed by atoms with Crippen molar-refractivity contribution in [1.29, 1.82) is 0 Å². The summed E-state index contributed by atoms with van der Waals surface area (Å²) in [6.45, 7) is -0.506. The summed E-state index contributed by atoms with van der Waals surface area (Å²) in [6.07, 6.45) is -0.104. The zero-order valence-electron chi connectivity index (χ0n) is 17.1. The highest BCUT2D eigenvalue weighted by Gasteiger charge is 2.26. The highest BCUT2D eigenvalue weighted by Crippen LogP contribution is 2.01. The molecule has 14 heteroatoms. The molecule has 3 amide bonds. The Morgan fingerprint density at radius 3 is 1.84 bits per heavy atom. The molecule has 0 fully saturated rings. The number of unbranched alkanes of at least 4 members (excludes halogenated alkanes) is 1. The van der Waals surface area contributed by atoms with Gasteiger partial charge in [0.15, 0.2) is 0 Å². The minimum atomic E-state index is -1.48. The van der Waals surface area contributed by atoms with Gasteiger partial charge in [0.25, 0.3) is 0 Å². The van der Waals surface area contributed by atoms with Crippen LogP contribution in [0.1, 0.15) is 32.1 Å². The number of hydrogen-bond acceptors (Lipinski definition) is 8. The number of carboxylic acids is 3. The third-order valence-electron chi connectivity index (χ3n) is 4.05. The van der Waals surface area contributed by atoms with Crippen molar-refractivity contribution in [3.8, 4) is 0 Å². The van der Waals surface area contributed by atoms with Crippen LogP contribution in [0.3, 0.4) is 0 Å². The minimum absolute atomic E-state index is 0.169. The van der Waals surface area contributed by atoms with Crippen molar-refractivity contribution in [2.24, 2.45) is 5.73 Å². The maximum absolute atomic E-state index is 12.1. The molecular formula is C17H29N5O9. The summed E-state index contributed by atoms with van der Waals surface area (Å²) >= 11 is 0. The molecule has 0 spiro atoms. The molecule has 0 saturated carbocycles. The van der Waals surface area contributed by atoms with Crippen LogP contribution in [0, 0.1) is 0 Å². The standard InChI is InChI=1S/C17H29N5O9/c1-19-10(6-12(23)24)16(30)20-5-3-2-4-9(18)15(29)22-11(7-13(25)26)17(31)21-8-14(27)28/h9-11,19H,2-8,18H2,1H3,(H,20,30)(H,21,31)(H,22,29)(H,23,24)(H,25,26)(H,27,28)/t9-,10-,11-/m0/s1. The van der Waals surface area contributed by atoms with Gasteiger partial charge in [0.2, 0.25) is 17.7 Å². The molecule has 0 aliphatic carbocycles. The predicted molar refractivity (Wildman–Crippen MR) is 105 cm³/mol. The Morgan fingerprint density at radius 1 is 0.774 bits per heavy atom. The molecule has 176 valence electrons. The van der Waals surface area contributed by atoms with Crippen molar-refractivity contribution in [3.63, 3.8) is 0 Å². The lowest BCUT2D eigenvalue weighted by Crippen LogP contribution is -2.52. The number of rotatable bonds is 16. The summed E-state index contributed by atoms with van der Waals surface area (Å²) in [5.74, 6) is -6.05. The molecule has 9 N–H and O–H groups in total. The lowest BCUT2D eigenvalue weighted by molar-refractivity contribution is -0.141. The Bertz CT molecular complexity index is 670. The smallest absolute Gasteiger partial charge is 0.322 e. The summed E-state index contributed by atoms with van der Waals surface area (Å²) in [5.41, 5.74) is 5.74. The molecule has 0 aromatic heterocycles. The molecule has 0 aromatic carbocycles. The van der Waals surface area contributed by atoms with Crippen molar-refractivity contribution in [2.45, 2.75) is 50.2 Å². The van der Waals surface area contributed by atoms with E-state index in [0.717, 1.165) is 0 Å². The number of carboxylic acid groups (broad SMARTS) is 3. The second-order valence-corrected chi connectivity index (χ2v) is 6.60. The van der Waals surface area contributed by atoms with Crippen LogP contribution in [0.4, 0.5) is 0 Å². The van der Waals surface area contributed by atoms with Crippen molar-refractivity contribution in [2.75, 3.05) is 20.1 Å². The summed E-state index contributed by atoms with van der Waals surface area (Å²) < 4.78 is 0. The first-order chi connectivity index (χ1) is 14.5. The average Bonchev–Trinajstić information content (AvgIpc) is 2.68. The van der Waals surface area contributed by atoms with E-state index in [-0.39, 0.29) is 19.4 Å². The fourth-order valence-corrected chi connectivity index (χ4v) is 2.40. The predicted octanol–water partition coefficient (Wildman–Crippen LogP) is -3.18. The maximum atomic E-state index is 12.1. The van der Waals surface area contributed by atoms with Crippen LogP contribution in [-0.4, -0.2) is 89.2 Å². The van der Waals surface area contributed by atoms with Crippen LogP contribution in [0.25, 0.3) is 0 Å². The Hall–Kier alpha value is -3.26. The quantitative estimate of drug-likeness (QED) is 0.110. The number of nitrogens with one attached hydrogen (secondary N) is 4. The van der Waals surface area contributed by atoms with Gasteiger partial charge in [-0.25, -0.2) is 0 Å². The van der Waals surface area contributed by atoms with Crippen LogP contribution in [0.5, 0.6) is 0 Å². The Morgan fingerprint density at radius 2 is 1.32 bits per heavy atom. The number of nitrogens with two attached hydrogens (primary N) is 1. The second-order valence-electron chi connectivity index (χ2n) is 6.60. The third kappa shape index (κ3) is 12.8. The van der Waals surface area contributed by atoms with E-state index >= 15 is 0 Å². The topological polar surface area (TPSA) is 237 Å². The van der Waals surface area contributed by atoms with Gasteiger partial charge < -0.3 is 42.3 Å². The zero-order valence-corrected chi connectivity index (χ0v) is 17.1. The maximum Gasteiger partial charge on any atom is 0.322 e. The number of carbonyl (C=O) groups excluding carboxylic acids is 3. The van der Waals surface area contributed by atoms with Gasteiger partial charge in [-0.05, 0) is 26.3 Å². The van der Waals surface area contributed by atoms with Gasteiger partial charge >= 0.3 is 17.9 Å². The van der Waals surface area contributed by atoms with E-state index in [9.17, 15) is 28.8 Å². The number of likely N-dealkylation sites (N-methyl/N-ethyl adjacent to an activating group) is 1. The molecule has 0 aromatic rings. The molecule has 0 rings (SSSR count). The summed E-state index contributed by atoms with van der Waals surface area (Å²) in [4.78, 5) is 67.9. The molecule has 0 heterocycles. The van der Waals surface area contributed by atoms with Crippen LogP contribution in [0.15, 0.2) is 0 Å². The van der Waals surface area contributed by atoms with E-state index in [1.807, 2.05) is 5.32 Å². The highest BCUT2D eigenvalue weighted by molar-refractivity contribution is 5.93. The first-order valence-electron chi connectivity index (χ1n) is 9.41. The number of carbonyl (C=O) groups is 6. The molecule has 0 unspecified atom stereocenters. The normalized spacial score (nSPS) is 13.4. The van der Waals surface area contributed by atoms with E-state index in [0.29, 0.717) is 12.8 Å². The molecule has 0 aliphatic heterocycles. The van der Waals surface area contributed by atoms with Gasteiger partial charge in [0.05, 0.1) is 24.9 Å². The Balaban J connectivity index is 4.42. The van der Waals surface area contributed by atoms with Crippen LogP contribution < -0.4 is 27.0 Å². The third-order valence-corrected chi connectivity index (χ3v) is 4.05. The van der Waals surface area contributed by atoms with Crippen molar-refractivity contribution >= 4 is 35.6 Å². The van der Waals surface area contributed by atoms with Crippen LogP contribution in [0.2, 0.25) is 0 Å². The Kier molecular flexibility index (Phi) is 13.1. The zero-order chi connectivity index (χ0) is 24.0. The number of aliphatic carboxylic acids is 3. The van der Waals surface area contributed by atoms with Gasteiger partial charge in [-0.15, -0.1) is 0 Å². The van der Waals surface area contributed by atoms with Crippen LogP contribution >= 0.6 is 0 Å². The van der Waals surface area contributed by atoms with Crippen molar-refractivity contribution < 1.29 is 44.1 Å². The molecule has 0 radical (unpaired) electrons. The molecule has 14 nitrogen and oxygen atoms in total. The Labute approximate surface area is 177 Å². The molecular weight excluding hydrogens is 418 g/mol. The van der Waals surface area contributed by atoms with Crippen molar-refractivity contribution in [1.82, 2.24) is 21.3 Å². The molecule has 0 saturated heterocycles. The minimum Gasteiger partial charge on any atom is -0.481 e. The van der Waals surface area contributed by atoms with Gasteiger partial charge in [-0.1, -0.05) is 0 Å². The van der Waals surface area contributed by atoms with E-state index < -0.39 is 66.7 Å². The molecule has 0 bridgehead atoms. The fraction of sp³-hybridized carbons (Fsp3) is 0.647. The van der Waals surface area contributed by atoms with E-state index in [4.69, 9.17) is 21.1 Å². The van der Waals surface area contributed by atoms with Gasteiger partial charge in [0, 0.05) is 6.54 Å². The van der Waals surface area contributed by atoms with Gasteiger partial charge in [-0.3, -0.25) is 28.8 Å². The van der Waals surface area contributed by atoms with E-state index in [2.05, 4.69) is 16.0 Å². The first kappa shape index (κ1) is 27.7. The fourth-order valence-electron chi connectivity index (χ4n) is 2.40.